The summed E-state index contributed by atoms with van der Waals surface area (Å²) in [5, 5.41) is 19.7. The molecule has 0 amide bonds. The van der Waals surface area contributed by atoms with Crippen molar-refractivity contribution in [2.75, 3.05) is 5.32 Å². The average molecular weight is 320 g/mol. The lowest BCUT2D eigenvalue weighted by atomic mass is 9.68. The van der Waals surface area contributed by atoms with Crippen LogP contribution in [0.3, 0.4) is 0 Å². The predicted octanol–water partition coefficient (Wildman–Crippen LogP) is 3.29. The Labute approximate surface area is 139 Å². The van der Waals surface area contributed by atoms with Gasteiger partial charge in [-0.25, -0.2) is 4.98 Å². The van der Waals surface area contributed by atoms with E-state index in [2.05, 4.69) is 37.6 Å². The fourth-order valence-electron chi connectivity index (χ4n) is 5.86. The molecule has 0 aromatic carbocycles. The summed E-state index contributed by atoms with van der Waals surface area (Å²) in [4.78, 5) is 4.56. The van der Waals surface area contributed by atoms with Gasteiger partial charge in [0.1, 0.15) is 0 Å². The number of fused-ring (bicyclic) bond motifs is 9. The minimum Gasteiger partial charge on any atom is -0.376 e. The maximum absolute atomic E-state index is 4.56. The second-order valence-electron chi connectivity index (χ2n) is 7.73. The van der Waals surface area contributed by atoms with Gasteiger partial charge in [0.2, 0.25) is 0 Å². The number of rotatable bonds is 1. The summed E-state index contributed by atoms with van der Waals surface area (Å²) >= 11 is 0. The average Bonchev–Trinajstić information content (AvgIpc) is 3.37. The molecular formula is C18H20N6. The van der Waals surface area contributed by atoms with Gasteiger partial charge in [-0.05, 0) is 55.4 Å². The van der Waals surface area contributed by atoms with Crippen molar-refractivity contribution in [1.29, 1.82) is 0 Å². The van der Waals surface area contributed by atoms with Gasteiger partial charge in [-0.1, -0.05) is 0 Å². The Balaban J connectivity index is 1.59. The molecule has 2 saturated carbocycles. The number of nitrogens with one attached hydrogen (secondary N) is 3. The zero-order chi connectivity index (χ0) is 15.8. The number of aromatic nitrogens is 5. The molecule has 3 aromatic heterocycles. The smallest absolute Gasteiger partial charge is 0.155 e. The Morgan fingerprint density at radius 3 is 2.79 bits per heavy atom. The van der Waals surface area contributed by atoms with Gasteiger partial charge >= 0.3 is 0 Å². The molecular weight excluding hydrogens is 300 g/mol. The van der Waals surface area contributed by atoms with Gasteiger partial charge in [-0.15, -0.1) is 0 Å². The molecule has 6 nitrogen and oxygen atoms in total. The van der Waals surface area contributed by atoms with E-state index in [0.717, 1.165) is 17.5 Å². The second kappa shape index (κ2) is 4.37. The first-order chi connectivity index (χ1) is 11.8. The zero-order valence-electron chi connectivity index (χ0n) is 13.6. The third kappa shape index (κ3) is 1.49. The molecule has 1 unspecified atom stereocenters. The van der Waals surface area contributed by atoms with Crippen molar-refractivity contribution in [2.45, 2.75) is 38.1 Å². The van der Waals surface area contributed by atoms with E-state index in [1.807, 2.05) is 18.6 Å². The Hall–Kier alpha value is -2.37. The van der Waals surface area contributed by atoms with Crippen LogP contribution in [0.25, 0.3) is 11.0 Å². The van der Waals surface area contributed by atoms with Crippen LogP contribution in [-0.2, 0) is 0 Å². The summed E-state index contributed by atoms with van der Waals surface area (Å²) in [5.41, 5.74) is 6.03. The van der Waals surface area contributed by atoms with Crippen LogP contribution in [-0.4, -0.2) is 25.4 Å². The minimum absolute atomic E-state index is 0.336. The SMILES string of the molecule is Cc1[nH]ncc1[C@@H]1Nc2cnc3[nH]ncc3c2[C@H]2[C@@H]3CCC(C3)[C@H]21. The van der Waals surface area contributed by atoms with Crippen LogP contribution in [0.5, 0.6) is 0 Å². The van der Waals surface area contributed by atoms with E-state index in [4.69, 9.17) is 0 Å². The summed E-state index contributed by atoms with van der Waals surface area (Å²) in [6.45, 7) is 2.12. The minimum atomic E-state index is 0.336. The lowest BCUT2D eigenvalue weighted by Gasteiger charge is -2.43. The zero-order valence-corrected chi connectivity index (χ0v) is 13.6. The van der Waals surface area contributed by atoms with E-state index in [1.165, 1.54) is 47.2 Å². The van der Waals surface area contributed by atoms with Crippen molar-refractivity contribution in [1.82, 2.24) is 25.4 Å². The van der Waals surface area contributed by atoms with E-state index < -0.39 is 0 Å². The molecule has 0 radical (unpaired) electrons. The second-order valence-corrected chi connectivity index (χ2v) is 7.73. The number of aromatic amines is 2. The van der Waals surface area contributed by atoms with E-state index in [1.54, 1.807) is 0 Å². The molecule has 122 valence electrons. The number of H-pyrrole nitrogens is 2. The molecule has 3 N–H and O–H groups in total. The monoisotopic (exact) mass is 320 g/mol. The molecule has 6 heteroatoms. The molecule has 2 aliphatic carbocycles. The van der Waals surface area contributed by atoms with Crippen molar-refractivity contribution in [2.24, 2.45) is 17.8 Å². The molecule has 1 aliphatic heterocycles. The van der Waals surface area contributed by atoms with Gasteiger partial charge in [0.05, 0.1) is 30.3 Å². The highest BCUT2D eigenvalue weighted by Gasteiger charge is 2.54. The highest BCUT2D eigenvalue weighted by Crippen LogP contribution is 2.64. The lowest BCUT2D eigenvalue weighted by Crippen LogP contribution is -2.35. The number of aryl methyl sites for hydroxylation is 1. The van der Waals surface area contributed by atoms with Crippen LogP contribution in [0.1, 0.15) is 48.0 Å². The molecule has 4 heterocycles. The summed E-state index contributed by atoms with van der Waals surface area (Å²) in [6.07, 6.45) is 10.0. The molecule has 2 bridgehead atoms. The van der Waals surface area contributed by atoms with Crippen molar-refractivity contribution >= 4 is 16.7 Å². The Bertz CT molecular complexity index is 940. The summed E-state index contributed by atoms with van der Waals surface area (Å²) in [6, 6.07) is 0.336. The van der Waals surface area contributed by atoms with E-state index in [-0.39, 0.29) is 0 Å². The van der Waals surface area contributed by atoms with Crippen LogP contribution in [0.15, 0.2) is 18.6 Å². The van der Waals surface area contributed by atoms with Crippen molar-refractivity contribution in [3.63, 3.8) is 0 Å². The Kier molecular flexibility index (Phi) is 2.37. The largest absolute Gasteiger partial charge is 0.376 e. The first-order valence-electron chi connectivity index (χ1n) is 8.89. The number of nitrogens with zero attached hydrogens (tertiary/aromatic N) is 3. The van der Waals surface area contributed by atoms with Gasteiger partial charge in [0.15, 0.2) is 5.65 Å². The van der Waals surface area contributed by atoms with E-state index >= 15 is 0 Å². The van der Waals surface area contributed by atoms with Crippen molar-refractivity contribution < 1.29 is 0 Å². The lowest BCUT2D eigenvalue weighted by molar-refractivity contribution is 0.248. The van der Waals surface area contributed by atoms with Crippen molar-refractivity contribution in [3.8, 4) is 0 Å². The van der Waals surface area contributed by atoms with Crippen LogP contribution in [0, 0.1) is 24.7 Å². The fraction of sp³-hybridized carbons (Fsp3) is 0.500. The Morgan fingerprint density at radius 2 is 1.92 bits per heavy atom. The summed E-state index contributed by atoms with van der Waals surface area (Å²) < 4.78 is 0. The normalized spacial score (nSPS) is 33.5. The number of hydrogen-bond donors (Lipinski definition) is 3. The molecule has 5 atom stereocenters. The third-order valence-electron chi connectivity index (χ3n) is 6.74. The number of hydrogen-bond acceptors (Lipinski definition) is 4. The summed E-state index contributed by atoms with van der Waals surface area (Å²) in [7, 11) is 0. The van der Waals surface area contributed by atoms with Gasteiger partial charge < -0.3 is 5.32 Å². The summed E-state index contributed by atoms with van der Waals surface area (Å²) in [5.74, 6) is 2.88. The molecule has 0 saturated heterocycles. The first-order valence-corrected chi connectivity index (χ1v) is 8.89. The maximum Gasteiger partial charge on any atom is 0.155 e. The quantitative estimate of drug-likeness (QED) is 0.642. The molecule has 3 aromatic rings. The molecule has 6 rings (SSSR count). The van der Waals surface area contributed by atoms with E-state index in [9.17, 15) is 0 Å². The standard InChI is InChI=1S/C18H20N6/c1-8-11(5-20-23-8)17-15-10-3-2-9(4-10)14(15)16-12-6-21-24-18(12)19-7-13(16)22-17/h5-7,9-10,14-15,17,22H,2-4H2,1H3,(H,20,23)(H,19,21,24)/t9-,10?,14+,15-,17+/m1/s1. The van der Waals surface area contributed by atoms with Gasteiger partial charge in [0.25, 0.3) is 0 Å². The third-order valence-corrected chi connectivity index (χ3v) is 6.74. The van der Waals surface area contributed by atoms with Crippen LogP contribution in [0.4, 0.5) is 5.69 Å². The molecule has 0 spiro atoms. The number of anilines is 1. The van der Waals surface area contributed by atoms with Crippen LogP contribution in [0.2, 0.25) is 0 Å². The van der Waals surface area contributed by atoms with Gasteiger partial charge in [-0.3, -0.25) is 10.2 Å². The maximum atomic E-state index is 4.56. The predicted molar refractivity (Wildman–Crippen MR) is 90.6 cm³/mol. The van der Waals surface area contributed by atoms with Crippen molar-refractivity contribution in [3.05, 3.63) is 35.4 Å². The molecule has 2 fully saturated rings. The number of pyridine rings is 1. The Morgan fingerprint density at radius 1 is 1.04 bits per heavy atom. The van der Waals surface area contributed by atoms with Crippen LogP contribution >= 0.6 is 0 Å². The van der Waals surface area contributed by atoms with E-state index in [0.29, 0.717) is 17.9 Å². The highest BCUT2D eigenvalue weighted by molar-refractivity contribution is 5.85. The molecule has 24 heavy (non-hydrogen) atoms. The molecule has 3 aliphatic rings. The van der Waals surface area contributed by atoms with Crippen LogP contribution < -0.4 is 5.32 Å². The van der Waals surface area contributed by atoms with Gasteiger partial charge in [-0.2, -0.15) is 10.2 Å². The topological polar surface area (TPSA) is 82.3 Å². The first kappa shape index (κ1) is 13.0. The fourth-order valence-corrected chi connectivity index (χ4v) is 5.86. The van der Waals surface area contributed by atoms with Gasteiger partial charge in [0, 0.05) is 16.6 Å². The highest BCUT2D eigenvalue weighted by atomic mass is 15.1.